The molecular weight excluding hydrogens is 162 g/mol. The highest BCUT2D eigenvalue weighted by molar-refractivity contribution is 5.09. The van der Waals surface area contributed by atoms with E-state index < -0.39 is 0 Å². The van der Waals surface area contributed by atoms with Gasteiger partial charge in [0.05, 0.1) is 0 Å². The summed E-state index contributed by atoms with van der Waals surface area (Å²) in [6, 6.07) is 4.48. The zero-order chi connectivity index (χ0) is 9.68. The van der Waals surface area contributed by atoms with Crippen molar-refractivity contribution in [2.45, 2.75) is 19.5 Å². The number of rotatable bonds is 4. The van der Waals surface area contributed by atoms with E-state index in [1.807, 2.05) is 24.5 Å². The van der Waals surface area contributed by atoms with E-state index in [-0.39, 0.29) is 0 Å². The fraction of sp³-hybridized carbons (Fsp3) is 0.500. The third kappa shape index (κ3) is 3.13. The van der Waals surface area contributed by atoms with E-state index in [0.29, 0.717) is 12.6 Å². The molecule has 0 saturated carbocycles. The molecule has 0 radical (unpaired) electrons. The summed E-state index contributed by atoms with van der Waals surface area (Å²) in [6.45, 7) is 3.75. The molecule has 2 N–H and O–H groups in total. The maximum Gasteiger partial charge on any atom is 0.0271 e. The largest absolute Gasteiger partial charge is 0.329 e. The molecule has 0 saturated heterocycles. The van der Waals surface area contributed by atoms with Crippen LogP contribution in [0.15, 0.2) is 24.5 Å². The highest BCUT2D eigenvalue weighted by Crippen LogP contribution is 2.03. The van der Waals surface area contributed by atoms with Crippen LogP contribution in [0.4, 0.5) is 0 Å². The molecule has 0 aliphatic carbocycles. The van der Waals surface area contributed by atoms with Gasteiger partial charge in [-0.3, -0.25) is 9.88 Å². The van der Waals surface area contributed by atoms with E-state index in [1.54, 1.807) is 0 Å². The van der Waals surface area contributed by atoms with Crippen LogP contribution in [0.3, 0.4) is 0 Å². The van der Waals surface area contributed by atoms with Crippen LogP contribution in [-0.2, 0) is 6.54 Å². The Labute approximate surface area is 79.6 Å². The smallest absolute Gasteiger partial charge is 0.0271 e. The zero-order valence-electron chi connectivity index (χ0n) is 8.27. The van der Waals surface area contributed by atoms with Gasteiger partial charge in [0.1, 0.15) is 0 Å². The van der Waals surface area contributed by atoms with Gasteiger partial charge in [-0.25, -0.2) is 0 Å². The molecule has 1 aromatic heterocycles. The first-order valence-electron chi connectivity index (χ1n) is 4.53. The second-order valence-electron chi connectivity index (χ2n) is 3.36. The third-order valence-corrected chi connectivity index (χ3v) is 2.27. The van der Waals surface area contributed by atoms with Crippen LogP contribution in [0, 0.1) is 0 Å². The van der Waals surface area contributed by atoms with Gasteiger partial charge in [-0.1, -0.05) is 0 Å². The molecule has 0 fully saturated rings. The summed E-state index contributed by atoms with van der Waals surface area (Å²) in [6.07, 6.45) is 3.63. The number of hydrogen-bond acceptors (Lipinski definition) is 3. The molecule has 0 aliphatic heterocycles. The minimum atomic E-state index is 0.424. The Kier molecular flexibility index (Phi) is 3.86. The Hall–Kier alpha value is -0.930. The highest BCUT2D eigenvalue weighted by Gasteiger charge is 2.06. The van der Waals surface area contributed by atoms with Crippen molar-refractivity contribution in [3.63, 3.8) is 0 Å². The Morgan fingerprint density at radius 2 is 2.08 bits per heavy atom. The standard InChI is InChI=1S/C10H17N3/c1-9(7-11)13(2)8-10-3-5-12-6-4-10/h3-6,9H,7-8,11H2,1-2H3. The van der Waals surface area contributed by atoms with E-state index in [1.165, 1.54) is 5.56 Å². The Morgan fingerprint density at radius 3 is 2.62 bits per heavy atom. The van der Waals surface area contributed by atoms with E-state index >= 15 is 0 Å². The van der Waals surface area contributed by atoms with Gasteiger partial charge in [0.15, 0.2) is 0 Å². The quantitative estimate of drug-likeness (QED) is 0.745. The van der Waals surface area contributed by atoms with Crippen molar-refractivity contribution in [3.8, 4) is 0 Å². The monoisotopic (exact) mass is 179 g/mol. The molecule has 0 bridgehead atoms. The number of likely N-dealkylation sites (N-methyl/N-ethyl adjacent to an activating group) is 1. The second kappa shape index (κ2) is 4.94. The topological polar surface area (TPSA) is 42.1 Å². The van der Waals surface area contributed by atoms with Crippen LogP contribution in [0.25, 0.3) is 0 Å². The van der Waals surface area contributed by atoms with Gasteiger partial charge in [-0.05, 0) is 31.7 Å². The second-order valence-corrected chi connectivity index (χ2v) is 3.36. The summed E-state index contributed by atoms with van der Waals surface area (Å²) in [7, 11) is 2.08. The number of nitrogens with zero attached hydrogens (tertiary/aromatic N) is 2. The van der Waals surface area contributed by atoms with Crippen molar-refractivity contribution in [2.24, 2.45) is 5.73 Å². The zero-order valence-corrected chi connectivity index (χ0v) is 8.27. The number of aromatic nitrogens is 1. The molecule has 0 spiro atoms. The van der Waals surface area contributed by atoms with Crippen LogP contribution in [-0.4, -0.2) is 29.5 Å². The molecule has 72 valence electrons. The maximum atomic E-state index is 5.57. The molecule has 0 amide bonds. The predicted molar refractivity (Wildman–Crippen MR) is 54.2 cm³/mol. The molecule has 0 aliphatic rings. The minimum absolute atomic E-state index is 0.424. The third-order valence-electron chi connectivity index (χ3n) is 2.27. The van der Waals surface area contributed by atoms with Crippen molar-refractivity contribution in [2.75, 3.05) is 13.6 Å². The molecular formula is C10H17N3. The van der Waals surface area contributed by atoms with Crippen molar-refractivity contribution in [3.05, 3.63) is 30.1 Å². The first kappa shape index (κ1) is 10.2. The van der Waals surface area contributed by atoms with E-state index in [2.05, 4.69) is 23.9 Å². The molecule has 1 aromatic rings. The lowest BCUT2D eigenvalue weighted by atomic mass is 10.2. The summed E-state index contributed by atoms with van der Waals surface area (Å²) in [5.41, 5.74) is 6.85. The van der Waals surface area contributed by atoms with Gasteiger partial charge in [0, 0.05) is 31.5 Å². The van der Waals surface area contributed by atoms with Gasteiger partial charge in [-0.2, -0.15) is 0 Å². The fourth-order valence-electron chi connectivity index (χ4n) is 1.11. The van der Waals surface area contributed by atoms with E-state index in [4.69, 9.17) is 5.73 Å². The first-order chi connectivity index (χ1) is 6.24. The minimum Gasteiger partial charge on any atom is -0.329 e. The van der Waals surface area contributed by atoms with Crippen LogP contribution in [0.2, 0.25) is 0 Å². The van der Waals surface area contributed by atoms with Gasteiger partial charge < -0.3 is 5.73 Å². The van der Waals surface area contributed by atoms with Gasteiger partial charge >= 0.3 is 0 Å². The average Bonchev–Trinajstić information content (AvgIpc) is 2.18. The van der Waals surface area contributed by atoms with Crippen molar-refractivity contribution in [1.29, 1.82) is 0 Å². The Bertz CT molecular complexity index is 235. The van der Waals surface area contributed by atoms with Gasteiger partial charge in [0.2, 0.25) is 0 Å². The summed E-state index contributed by atoms with van der Waals surface area (Å²) < 4.78 is 0. The SMILES string of the molecule is CC(CN)N(C)Cc1ccncc1. The van der Waals surface area contributed by atoms with Crippen LogP contribution >= 0.6 is 0 Å². The first-order valence-corrected chi connectivity index (χ1v) is 4.53. The lowest BCUT2D eigenvalue weighted by Crippen LogP contribution is -2.34. The normalized spacial score (nSPS) is 13.2. The number of hydrogen-bond donors (Lipinski definition) is 1. The summed E-state index contributed by atoms with van der Waals surface area (Å²) >= 11 is 0. The molecule has 0 aromatic carbocycles. The summed E-state index contributed by atoms with van der Waals surface area (Å²) in [5.74, 6) is 0. The van der Waals surface area contributed by atoms with Gasteiger partial charge in [-0.15, -0.1) is 0 Å². The highest BCUT2D eigenvalue weighted by atomic mass is 15.1. The van der Waals surface area contributed by atoms with E-state index in [9.17, 15) is 0 Å². The predicted octanol–water partition coefficient (Wildman–Crippen LogP) is 0.861. The van der Waals surface area contributed by atoms with E-state index in [0.717, 1.165) is 6.54 Å². The summed E-state index contributed by atoms with van der Waals surface area (Å²) in [4.78, 5) is 6.21. The van der Waals surface area contributed by atoms with Gasteiger partial charge in [0.25, 0.3) is 0 Å². The molecule has 3 nitrogen and oxygen atoms in total. The lowest BCUT2D eigenvalue weighted by Gasteiger charge is -2.23. The maximum absolute atomic E-state index is 5.57. The lowest BCUT2D eigenvalue weighted by molar-refractivity contribution is 0.255. The Balaban J connectivity index is 2.50. The number of pyridine rings is 1. The van der Waals surface area contributed by atoms with Crippen LogP contribution < -0.4 is 5.73 Å². The summed E-state index contributed by atoms with van der Waals surface area (Å²) in [5, 5.41) is 0. The average molecular weight is 179 g/mol. The Morgan fingerprint density at radius 1 is 1.46 bits per heavy atom. The van der Waals surface area contributed by atoms with Crippen LogP contribution in [0.5, 0.6) is 0 Å². The molecule has 1 rings (SSSR count). The van der Waals surface area contributed by atoms with Crippen molar-refractivity contribution in [1.82, 2.24) is 9.88 Å². The van der Waals surface area contributed by atoms with Crippen molar-refractivity contribution < 1.29 is 0 Å². The van der Waals surface area contributed by atoms with Crippen LogP contribution in [0.1, 0.15) is 12.5 Å². The molecule has 1 atom stereocenters. The molecule has 1 heterocycles. The molecule has 13 heavy (non-hydrogen) atoms. The fourth-order valence-corrected chi connectivity index (χ4v) is 1.11. The molecule has 1 unspecified atom stereocenters. The molecule has 3 heteroatoms. The van der Waals surface area contributed by atoms with Crippen molar-refractivity contribution >= 4 is 0 Å². The number of nitrogens with two attached hydrogens (primary N) is 1.